The highest BCUT2D eigenvalue weighted by atomic mass is 32.3. The van der Waals surface area contributed by atoms with E-state index >= 15 is 0 Å². The first-order chi connectivity index (χ1) is 17.1. The first-order valence-corrected chi connectivity index (χ1v) is 17.0. The third-order valence-electron chi connectivity index (χ3n) is 11.1. The summed E-state index contributed by atoms with van der Waals surface area (Å²) in [5.74, 6) is 2.75. The second kappa shape index (κ2) is 10.7. The Labute approximate surface area is 222 Å². The van der Waals surface area contributed by atoms with E-state index in [0.717, 1.165) is 19.3 Å². The Balaban J connectivity index is 1.35. The second-order valence-corrected chi connectivity index (χ2v) is 15.6. The summed E-state index contributed by atoms with van der Waals surface area (Å²) in [6.07, 6.45) is 10.1. The van der Waals surface area contributed by atoms with Gasteiger partial charge in [-0.05, 0) is 111 Å². The molecule has 9 atom stereocenters. The van der Waals surface area contributed by atoms with Gasteiger partial charge in [-0.3, -0.25) is 13.9 Å². The molecule has 9 nitrogen and oxygen atoms in total. The normalized spacial score (nSPS) is 40.8. The summed E-state index contributed by atoms with van der Waals surface area (Å²) in [6.45, 7) is 7.07. The number of fused-ring (bicyclic) bond motifs is 5. The third kappa shape index (κ3) is 6.36. The highest BCUT2D eigenvalue weighted by molar-refractivity contribution is 7.85. The summed E-state index contributed by atoms with van der Waals surface area (Å²) in [5.41, 5.74) is 0.448. The van der Waals surface area contributed by atoms with E-state index in [1.165, 1.54) is 32.1 Å². The van der Waals surface area contributed by atoms with Crippen LogP contribution in [0.4, 0.5) is 0 Å². The molecule has 0 saturated heterocycles. The van der Waals surface area contributed by atoms with Crippen LogP contribution in [0, 0.1) is 46.3 Å². The zero-order chi connectivity index (χ0) is 27.2. The quantitative estimate of drug-likeness (QED) is 0.353. The molecule has 4 saturated carbocycles. The molecule has 4 rings (SSSR count). The molecule has 0 aromatic carbocycles. The maximum atomic E-state index is 12.2. The molecule has 0 bridgehead atoms. The predicted octanol–water partition coefficient (Wildman–Crippen LogP) is 4.25. The molecule has 0 heterocycles. The lowest BCUT2D eigenvalue weighted by Crippen LogP contribution is -2.54. The maximum Gasteiger partial charge on any atom is 0.397 e. The van der Waals surface area contributed by atoms with Gasteiger partial charge in [-0.2, -0.15) is 16.8 Å². The molecule has 1 amide bonds. The van der Waals surface area contributed by atoms with Crippen LogP contribution in [0.1, 0.15) is 91.4 Å². The molecule has 0 radical (unpaired) electrons. The lowest BCUT2D eigenvalue weighted by molar-refractivity contribution is -0.127. The number of amides is 1. The minimum absolute atomic E-state index is 0.0687. The van der Waals surface area contributed by atoms with Crippen molar-refractivity contribution in [1.29, 1.82) is 0 Å². The van der Waals surface area contributed by atoms with Crippen molar-refractivity contribution < 1.29 is 34.9 Å². The average Bonchev–Trinajstić information content (AvgIpc) is 3.13. The number of carbonyl (C=O) groups is 1. The molecule has 0 spiro atoms. The zero-order valence-electron chi connectivity index (χ0n) is 22.4. The summed E-state index contributed by atoms with van der Waals surface area (Å²) in [5, 5.41) is 2.60. The first kappa shape index (κ1) is 29.2. The van der Waals surface area contributed by atoms with Crippen LogP contribution in [-0.2, 0) is 29.5 Å². The fourth-order valence-electron chi connectivity index (χ4n) is 9.42. The average molecular weight is 564 g/mol. The standard InChI is InChI=1S/C26H45NO8S2/c1-17(4-9-24(28)27-14-15-36(29,30)31)21-7-8-22-20-6-5-18-16-19(35-37(32,33)34)10-12-25(18,2)23(20)11-13-26(21,22)3/h17-23H,4-16H2,1-3H3,(H,27,28)(H,29,30,31)(H,32,33,34)/t17-,18-,19-,20+,21?,22+,23+,25+,26-/m1/s1. The van der Waals surface area contributed by atoms with Gasteiger partial charge < -0.3 is 5.32 Å². The van der Waals surface area contributed by atoms with Gasteiger partial charge in [-0.25, -0.2) is 4.18 Å². The Bertz CT molecular complexity index is 1060. The fraction of sp³-hybridized carbons (Fsp3) is 0.962. The Kier molecular flexibility index (Phi) is 8.43. The minimum atomic E-state index is -4.42. The molecule has 4 aliphatic rings. The van der Waals surface area contributed by atoms with E-state index in [9.17, 15) is 21.6 Å². The molecule has 37 heavy (non-hydrogen) atoms. The molecule has 4 fully saturated rings. The van der Waals surface area contributed by atoms with Gasteiger partial charge in [-0.15, -0.1) is 0 Å². The van der Waals surface area contributed by atoms with Gasteiger partial charge in [0, 0.05) is 13.0 Å². The van der Waals surface area contributed by atoms with E-state index in [-0.39, 0.29) is 23.3 Å². The summed E-state index contributed by atoms with van der Waals surface area (Å²) < 4.78 is 67.2. The largest absolute Gasteiger partial charge is 0.397 e. The van der Waals surface area contributed by atoms with E-state index in [2.05, 4.69) is 26.1 Å². The van der Waals surface area contributed by atoms with Crippen LogP contribution in [0.5, 0.6) is 0 Å². The molecule has 11 heteroatoms. The molecule has 0 aliphatic heterocycles. The zero-order valence-corrected chi connectivity index (χ0v) is 24.0. The molecule has 0 aromatic rings. The van der Waals surface area contributed by atoms with Crippen molar-refractivity contribution in [3.63, 3.8) is 0 Å². The van der Waals surface area contributed by atoms with Crippen molar-refractivity contribution in [1.82, 2.24) is 5.32 Å². The summed E-state index contributed by atoms with van der Waals surface area (Å²) in [7, 11) is -8.49. The van der Waals surface area contributed by atoms with Crippen molar-refractivity contribution in [2.24, 2.45) is 46.3 Å². The molecule has 214 valence electrons. The molecule has 0 aromatic heterocycles. The SMILES string of the molecule is C[C@H](CCC(=O)NCCS(=O)(=O)O)C1CC[C@H]2[C@@H]3CC[C@@H]4C[C@H](OS(=O)(=O)O)CC[C@]4(C)[C@H]3CC[C@]12C. The number of nitrogens with one attached hydrogen (secondary N) is 1. The smallest absolute Gasteiger partial charge is 0.355 e. The third-order valence-corrected chi connectivity index (χ3v) is 12.4. The Morgan fingerprint density at radius 2 is 1.65 bits per heavy atom. The summed E-state index contributed by atoms with van der Waals surface area (Å²) in [4.78, 5) is 12.2. The van der Waals surface area contributed by atoms with Crippen LogP contribution < -0.4 is 5.32 Å². The van der Waals surface area contributed by atoms with E-state index in [1.807, 2.05) is 0 Å². The van der Waals surface area contributed by atoms with Crippen LogP contribution in [0.15, 0.2) is 0 Å². The first-order valence-electron chi connectivity index (χ1n) is 14.0. The van der Waals surface area contributed by atoms with Gasteiger partial charge in [0.1, 0.15) is 0 Å². The number of hydrogen-bond donors (Lipinski definition) is 3. The van der Waals surface area contributed by atoms with Crippen LogP contribution in [-0.4, -0.2) is 50.2 Å². The Morgan fingerprint density at radius 1 is 0.973 bits per heavy atom. The molecular weight excluding hydrogens is 518 g/mol. The lowest BCUT2D eigenvalue weighted by Gasteiger charge is -2.61. The van der Waals surface area contributed by atoms with Crippen molar-refractivity contribution in [2.45, 2.75) is 97.5 Å². The Hall–Kier alpha value is -0.750. The molecule has 4 aliphatic carbocycles. The van der Waals surface area contributed by atoms with Gasteiger partial charge in [-0.1, -0.05) is 20.8 Å². The van der Waals surface area contributed by atoms with Gasteiger partial charge >= 0.3 is 10.4 Å². The van der Waals surface area contributed by atoms with Gasteiger partial charge in [0.15, 0.2) is 0 Å². The van der Waals surface area contributed by atoms with Gasteiger partial charge in [0.05, 0.1) is 11.9 Å². The van der Waals surface area contributed by atoms with Crippen molar-refractivity contribution in [2.75, 3.05) is 12.3 Å². The number of hydrogen-bond acceptors (Lipinski definition) is 6. The van der Waals surface area contributed by atoms with Gasteiger partial charge in [0.2, 0.25) is 5.91 Å². The van der Waals surface area contributed by atoms with Gasteiger partial charge in [0.25, 0.3) is 10.1 Å². The van der Waals surface area contributed by atoms with E-state index in [4.69, 9.17) is 13.3 Å². The number of carbonyl (C=O) groups excluding carboxylic acids is 1. The van der Waals surface area contributed by atoms with Crippen LogP contribution >= 0.6 is 0 Å². The monoisotopic (exact) mass is 563 g/mol. The topological polar surface area (TPSA) is 147 Å². The Morgan fingerprint density at radius 3 is 2.32 bits per heavy atom. The molecule has 1 unspecified atom stereocenters. The van der Waals surface area contributed by atoms with E-state index < -0.39 is 32.4 Å². The van der Waals surface area contributed by atoms with Crippen LogP contribution in [0.2, 0.25) is 0 Å². The van der Waals surface area contributed by atoms with E-state index in [1.54, 1.807) is 0 Å². The van der Waals surface area contributed by atoms with Crippen molar-refractivity contribution in [3.8, 4) is 0 Å². The number of rotatable bonds is 9. The summed E-state index contributed by atoms with van der Waals surface area (Å²) in [6, 6.07) is 0. The van der Waals surface area contributed by atoms with Crippen molar-refractivity contribution in [3.05, 3.63) is 0 Å². The second-order valence-electron chi connectivity index (χ2n) is 13.0. The maximum absolute atomic E-state index is 12.2. The highest BCUT2D eigenvalue weighted by Gasteiger charge is 2.60. The molecular formula is C26H45NO8S2. The van der Waals surface area contributed by atoms with E-state index in [0.29, 0.717) is 54.8 Å². The van der Waals surface area contributed by atoms with Crippen LogP contribution in [0.25, 0.3) is 0 Å². The fourth-order valence-corrected chi connectivity index (χ4v) is 10.3. The predicted molar refractivity (Wildman–Crippen MR) is 139 cm³/mol. The van der Waals surface area contributed by atoms with Crippen molar-refractivity contribution >= 4 is 26.4 Å². The molecule has 3 N–H and O–H groups in total. The highest BCUT2D eigenvalue weighted by Crippen LogP contribution is 2.68. The minimum Gasteiger partial charge on any atom is -0.355 e. The lowest BCUT2D eigenvalue weighted by atomic mass is 9.44. The summed E-state index contributed by atoms with van der Waals surface area (Å²) >= 11 is 0. The van der Waals surface area contributed by atoms with Crippen LogP contribution in [0.3, 0.4) is 0 Å².